The molecule has 6 heteroatoms. The van der Waals surface area contributed by atoms with Crippen LogP contribution in [0.3, 0.4) is 0 Å². The molecule has 0 aliphatic heterocycles. The molecule has 1 aromatic rings. The van der Waals surface area contributed by atoms with Gasteiger partial charge in [0.05, 0.1) is 12.6 Å². The highest BCUT2D eigenvalue weighted by atomic mass is 19.2. The van der Waals surface area contributed by atoms with Crippen molar-refractivity contribution in [2.75, 3.05) is 25.2 Å². The van der Waals surface area contributed by atoms with Crippen LogP contribution in [0.15, 0.2) is 6.07 Å². The van der Waals surface area contributed by atoms with Crippen LogP contribution < -0.4 is 4.90 Å². The van der Waals surface area contributed by atoms with Crippen molar-refractivity contribution < 1.29 is 17.9 Å². The molecule has 1 heterocycles. The molecule has 0 spiro atoms. The quantitative estimate of drug-likeness (QED) is 0.748. The van der Waals surface area contributed by atoms with E-state index in [-0.39, 0.29) is 11.9 Å². The van der Waals surface area contributed by atoms with Crippen molar-refractivity contribution in [3.8, 4) is 0 Å². The number of rotatable bonds is 5. The number of ether oxygens (including phenoxy) is 1. The number of aromatic nitrogens is 1. The highest BCUT2D eigenvalue weighted by Gasteiger charge is 2.20. The first kappa shape index (κ1) is 13.8. The SMILES string of the molecule is CCN(c1nc(F)c(F)cc1F)C(C)COC. The van der Waals surface area contributed by atoms with Crippen molar-refractivity contribution >= 4 is 5.82 Å². The summed E-state index contributed by atoms with van der Waals surface area (Å²) < 4.78 is 44.2. The van der Waals surface area contributed by atoms with E-state index in [0.29, 0.717) is 19.2 Å². The Morgan fingerprint density at radius 1 is 1.35 bits per heavy atom. The maximum Gasteiger partial charge on any atom is 0.251 e. The molecular weight excluding hydrogens is 233 g/mol. The van der Waals surface area contributed by atoms with Gasteiger partial charge in [-0.15, -0.1) is 0 Å². The van der Waals surface area contributed by atoms with Gasteiger partial charge in [0, 0.05) is 19.7 Å². The van der Waals surface area contributed by atoms with Gasteiger partial charge in [-0.1, -0.05) is 0 Å². The molecule has 0 bridgehead atoms. The lowest BCUT2D eigenvalue weighted by Gasteiger charge is -2.28. The summed E-state index contributed by atoms with van der Waals surface area (Å²) in [4.78, 5) is 4.82. The van der Waals surface area contributed by atoms with Crippen molar-refractivity contribution in [2.24, 2.45) is 0 Å². The molecule has 0 radical (unpaired) electrons. The van der Waals surface area contributed by atoms with Crippen LogP contribution in [-0.4, -0.2) is 31.3 Å². The Morgan fingerprint density at radius 3 is 2.53 bits per heavy atom. The van der Waals surface area contributed by atoms with Crippen LogP contribution in [0.5, 0.6) is 0 Å². The number of pyridine rings is 1. The van der Waals surface area contributed by atoms with Gasteiger partial charge < -0.3 is 9.64 Å². The van der Waals surface area contributed by atoms with Crippen molar-refractivity contribution in [2.45, 2.75) is 19.9 Å². The van der Waals surface area contributed by atoms with E-state index in [4.69, 9.17) is 4.74 Å². The monoisotopic (exact) mass is 248 g/mol. The minimum Gasteiger partial charge on any atom is -0.383 e. The first-order chi connectivity index (χ1) is 8.01. The standard InChI is InChI=1S/C11H15F3N2O/c1-4-16(7(2)6-17-3)11-9(13)5-8(12)10(14)15-11/h5,7H,4,6H2,1-3H3. The highest BCUT2D eigenvalue weighted by molar-refractivity contribution is 5.41. The number of anilines is 1. The van der Waals surface area contributed by atoms with Crippen LogP contribution in [0.4, 0.5) is 19.0 Å². The number of hydrogen-bond donors (Lipinski definition) is 0. The predicted molar refractivity (Wildman–Crippen MR) is 58.5 cm³/mol. The summed E-state index contributed by atoms with van der Waals surface area (Å²) in [5, 5.41) is 0. The molecule has 1 rings (SSSR count). The number of halogens is 3. The van der Waals surface area contributed by atoms with Crippen molar-refractivity contribution in [1.82, 2.24) is 4.98 Å². The van der Waals surface area contributed by atoms with E-state index in [2.05, 4.69) is 4.98 Å². The average molecular weight is 248 g/mol. The maximum absolute atomic E-state index is 13.5. The second-order valence-corrected chi connectivity index (χ2v) is 3.66. The van der Waals surface area contributed by atoms with E-state index in [1.54, 1.807) is 13.8 Å². The summed E-state index contributed by atoms with van der Waals surface area (Å²) in [6.07, 6.45) is 0. The van der Waals surface area contributed by atoms with Crippen LogP contribution in [-0.2, 0) is 4.74 Å². The molecular formula is C11H15F3N2O. The van der Waals surface area contributed by atoms with Crippen LogP contribution >= 0.6 is 0 Å². The molecule has 0 aromatic carbocycles. The molecule has 0 aliphatic carbocycles. The molecule has 0 saturated carbocycles. The second kappa shape index (κ2) is 5.86. The Kier molecular flexibility index (Phi) is 4.74. The van der Waals surface area contributed by atoms with Gasteiger partial charge >= 0.3 is 0 Å². The van der Waals surface area contributed by atoms with Gasteiger partial charge in [-0.2, -0.15) is 9.37 Å². The molecule has 0 N–H and O–H groups in total. The fourth-order valence-corrected chi connectivity index (χ4v) is 1.64. The fourth-order valence-electron chi connectivity index (χ4n) is 1.64. The molecule has 3 nitrogen and oxygen atoms in total. The third-order valence-corrected chi connectivity index (χ3v) is 2.42. The Bertz CT molecular complexity index is 387. The summed E-state index contributed by atoms with van der Waals surface area (Å²) in [6, 6.07) is 0.316. The van der Waals surface area contributed by atoms with Crippen molar-refractivity contribution in [3.05, 3.63) is 23.6 Å². The zero-order valence-electron chi connectivity index (χ0n) is 10.0. The number of hydrogen-bond acceptors (Lipinski definition) is 3. The second-order valence-electron chi connectivity index (χ2n) is 3.66. The number of methoxy groups -OCH3 is 1. The van der Waals surface area contributed by atoms with E-state index in [1.807, 2.05) is 0 Å². The third-order valence-electron chi connectivity index (χ3n) is 2.42. The molecule has 1 unspecified atom stereocenters. The van der Waals surface area contributed by atoms with E-state index < -0.39 is 17.6 Å². The van der Waals surface area contributed by atoms with Gasteiger partial charge in [-0.3, -0.25) is 0 Å². The molecule has 96 valence electrons. The minimum absolute atomic E-state index is 0.183. The van der Waals surface area contributed by atoms with Gasteiger partial charge in [0.1, 0.15) is 0 Å². The molecule has 0 fully saturated rings. The van der Waals surface area contributed by atoms with E-state index in [9.17, 15) is 13.2 Å². The van der Waals surface area contributed by atoms with Gasteiger partial charge in [0.2, 0.25) is 0 Å². The largest absolute Gasteiger partial charge is 0.383 e. The zero-order chi connectivity index (χ0) is 13.0. The number of nitrogens with zero attached hydrogens (tertiary/aromatic N) is 2. The van der Waals surface area contributed by atoms with Crippen LogP contribution in [0.2, 0.25) is 0 Å². The Labute approximate surface area is 98.2 Å². The predicted octanol–water partition coefficient (Wildman–Crippen LogP) is 2.36. The highest BCUT2D eigenvalue weighted by Crippen LogP contribution is 2.20. The average Bonchev–Trinajstić information content (AvgIpc) is 2.26. The maximum atomic E-state index is 13.5. The Hall–Kier alpha value is -1.30. The van der Waals surface area contributed by atoms with Crippen molar-refractivity contribution in [1.29, 1.82) is 0 Å². The zero-order valence-corrected chi connectivity index (χ0v) is 10.0. The van der Waals surface area contributed by atoms with Gasteiger partial charge in [-0.05, 0) is 13.8 Å². The Balaban J connectivity index is 3.07. The Morgan fingerprint density at radius 2 is 2.00 bits per heavy atom. The van der Waals surface area contributed by atoms with Crippen LogP contribution in [0.1, 0.15) is 13.8 Å². The lowest BCUT2D eigenvalue weighted by Crippen LogP contribution is -2.37. The number of likely N-dealkylation sites (N-methyl/N-ethyl adjacent to an activating group) is 1. The smallest absolute Gasteiger partial charge is 0.251 e. The fraction of sp³-hybridized carbons (Fsp3) is 0.545. The summed E-state index contributed by atoms with van der Waals surface area (Å²) in [5.74, 6) is -3.67. The van der Waals surface area contributed by atoms with E-state index in [1.165, 1.54) is 12.0 Å². The van der Waals surface area contributed by atoms with E-state index >= 15 is 0 Å². The van der Waals surface area contributed by atoms with Gasteiger partial charge in [-0.25, -0.2) is 8.78 Å². The van der Waals surface area contributed by atoms with Gasteiger partial charge in [0.25, 0.3) is 5.95 Å². The normalized spacial score (nSPS) is 12.6. The topological polar surface area (TPSA) is 25.4 Å². The lowest BCUT2D eigenvalue weighted by atomic mass is 10.2. The summed E-state index contributed by atoms with van der Waals surface area (Å²) in [7, 11) is 1.51. The van der Waals surface area contributed by atoms with Crippen LogP contribution in [0.25, 0.3) is 0 Å². The summed E-state index contributed by atoms with van der Waals surface area (Å²) in [6.45, 7) is 4.32. The molecule has 1 atom stereocenters. The molecule has 0 aliphatic rings. The van der Waals surface area contributed by atoms with Crippen LogP contribution in [0, 0.1) is 17.6 Å². The first-order valence-corrected chi connectivity index (χ1v) is 5.28. The minimum atomic E-state index is -1.30. The molecule has 0 amide bonds. The third kappa shape index (κ3) is 3.09. The summed E-state index contributed by atoms with van der Waals surface area (Å²) in [5.41, 5.74) is 0. The first-order valence-electron chi connectivity index (χ1n) is 5.28. The van der Waals surface area contributed by atoms with Crippen molar-refractivity contribution in [3.63, 3.8) is 0 Å². The molecule has 0 saturated heterocycles. The van der Waals surface area contributed by atoms with Gasteiger partial charge in [0.15, 0.2) is 17.5 Å². The molecule has 17 heavy (non-hydrogen) atoms. The van der Waals surface area contributed by atoms with E-state index in [0.717, 1.165) is 0 Å². The lowest BCUT2D eigenvalue weighted by molar-refractivity contribution is 0.181. The molecule has 1 aromatic heterocycles. The summed E-state index contributed by atoms with van der Waals surface area (Å²) >= 11 is 0.